The van der Waals surface area contributed by atoms with Gasteiger partial charge in [0.2, 0.25) is 0 Å². The summed E-state index contributed by atoms with van der Waals surface area (Å²) >= 11 is 0. The molecule has 0 unspecified atom stereocenters. The first-order chi connectivity index (χ1) is 7.59. The predicted molar refractivity (Wildman–Crippen MR) is 56.6 cm³/mol. The lowest BCUT2D eigenvalue weighted by Crippen LogP contribution is -1.99. The van der Waals surface area contributed by atoms with E-state index in [4.69, 9.17) is 5.11 Å². The van der Waals surface area contributed by atoms with Crippen LogP contribution < -0.4 is 0 Å². The fourth-order valence-corrected chi connectivity index (χ4v) is 1.77. The lowest BCUT2D eigenvalue weighted by Gasteiger charge is -1.95. The Morgan fingerprint density at radius 1 is 1.56 bits per heavy atom. The van der Waals surface area contributed by atoms with E-state index in [1.54, 1.807) is 19.2 Å². The summed E-state index contributed by atoms with van der Waals surface area (Å²) in [6.07, 6.45) is 0.318. The Hall–Kier alpha value is -1.91. The minimum atomic E-state index is -0.879. The largest absolute Gasteiger partial charge is 0.481 e. The van der Waals surface area contributed by atoms with E-state index in [0.29, 0.717) is 23.0 Å². The van der Waals surface area contributed by atoms with E-state index in [0.717, 1.165) is 0 Å². The van der Waals surface area contributed by atoms with Crippen molar-refractivity contribution in [2.45, 2.75) is 12.8 Å². The number of carboxylic acid groups (broad SMARTS) is 1. The highest BCUT2D eigenvalue weighted by molar-refractivity contribution is 5.83. The molecule has 1 N–H and O–H groups in total. The molecule has 2 rings (SSSR count). The molecule has 84 valence electrons. The van der Waals surface area contributed by atoms with E-state index in [2.05, 4.69) is 5.10 Å². The molecule has 0 saturated heterocycles. The zero-order chi connectivity index (χ0) is 11.7. The van der Waals surface area contributed by atoms with Gasteiger partial charge in [-0.2, -0.15) is 5.10 Å². The molecule has 0 aliphatic heterocycles. The van der Waals surface area contributed by atoms with Crippen molar-refractivity contribution < 1.29 is 14.3 Å². The number of hydrogen-bond donors (Lipinski definition) is 1. The molecule has 1 aromatic carbocycles. The molecule has 0 spiro atoms. The van der Waals surface area contributed by atoms with Gasteiger partial charge in [0.05, 0.1) is 12.1 Å². The van der Waals surface area contributed by atoms with Crippen LogP contribution in [0.25, 0.3) is 10.9 Å². The van der Waals surface area contributed by atoms with Crippen molar-refractivity contribution in [2.75, 3.05) is 0 Å². The number of rotatable bonds is 3. The molecule has 0 bridgehead atoms. The Balaban J connectivity index is 2.47. The van der Waals surface area contributed by atoms with Crippen molar-refractivity contribution in [1.82, 2.24) is 9.78 Å². The maximum absolute atomic E-state index is 13.5. The molecule has 0 fully saturated rings. The van der Waals surface area contributed by atoms with Crippen LogP contribution in [0.5, 0.6) is 0 Å². The number of aliphatic carboxylic acids is 1. The van der Waals surface area contributed by atoms with E-state index in [9.17, 15) is 9.18 Å². The van der Waals surface area contributed by atoms with Gasteiger partial charge in [-0.3, -0.25) is 9.48 Å². The minimum Gasteiger partial charge on any atom is -0.481 e. The van der Waals surface area contributed by atoms with Gasteiger partial charge >= 0.3 is 5.97 Å². The molecular formula is C11H11FN2O2. The predicted octanol–water partition coefficient (Wildman–Crippen LogP) is 1.73. The second kappa shape index (κ2) is 3.92. The molecule has 0 radical (unpaired) electrons. The van der Waals surface area contributed by atoms with Crippen molar-refractivity contribution in [3.63, 3.8) is 0 Å². The van der Waals surface area contributed by atoms with Gasteiger partial charge in [0.1, 0.15) is 11.3 Å². The van der Waals surface area contributed by atoms with Crippen LogP contribution in [0, 0.1) is 5.82 Å². The van der Waals surface area contributed by atoms with Crippen LogP contribution in [0.3, 0.4) is 0 Å². The topological polar surface area (TPSA) is 55.1 Å². The smallest absolute Gasteiger partial charge is 0.303 e. The van der Waals surface area contributed by atoms with Crippen molar-refractivity contribution in [3.8, 4) is 0 Å². The number of halogens is 1. The number of hydrogen-bond acceptors (Lipinski definition) is 2. The molecule has 0 aliphatic rings. The van der Waals surface area contributed by atoms with Crippen LogP contribution in [-0.2, 0) is 18.3 Å². The number of carboxylic acids is 1. The zero-order valence-electron chi connectivity index (χ0n) is 8.77. The van der Waals surface area contributed by atoms with Crippen LogP contribution in [0.4, 0.5) is 4.39 Å². The normalized spacial score (nSPS) is 10.9. The molecular weight excluding hydrogens is 211 g/mol. The highest BCUT2D eigenvalue weighted by Gasteiger charge is 2.12. The Kier molecular flexibility index (Phi) is 2.60. The second-order valence-corrected chi connectivity index (χ2v) is 3.60. The zero-order valence-corrected chi connectivity index (χ0v) is 8.77. The first kappa shape index (κ1) is 10.6. The van der Waals surface area contributed by atoms with Crippen molar-refractivity contribution in [3.05, 3.63) is 29.7 Å². The summed E-state index contributed by atoms with van der Waals surface area (Å²) < 4.78 is 14.9. The number of nitrogens with zero attached hydrogens (tertiary/aromatic N) is 2. The summed E-state index contributed by atoms with van der Waals surface area (Å²) in [7, 11) is 1.65. The van der Waals surface area contributed by atoms with Crippen molar-refractivity contribution in [2.24, 2.45) is 7.05 Å². The van der Waals surface area contributed by atoms with Crippen LogP contribution in [0.2, 0.25) is 0 Å². The van der Waals surface area contributed by atoms with E-state index < -0.39 is 5.97 Å². The standard InChI is InChI=1S/C11H11FN2O2/c1-14-11-7(3-2-4-8(11)12)9(13-14)5-6-10(15)16/h2-4H,5-6H2,1H3,(H,15,16). The van der Waals surface area contributed by atoms with Gasteiger partial charge in [0, 0.05) is 18.9 Å². The number of aryl methyl sites for hydroxylation is 2. The lowest BCUT2D eigenvalue weighted by molar-refractivity contribution is -0.136. The molecule has 1 heterocycles. The number of fused-ring (bicyclic) bond motifs is 1. The third kappa shape index (κ3) is 1.76. The fourth-order valence-electron chi connectivity index (χ4n) is 1.77. The number of para-hydroxylation sites is 1. The Morgan fingerprint density at radius 2 is 2.31 bits per heavy atom. The Morgan fingerprint density at radius 3 is 3.00 bits per heavy atom. The van der Waals surface area contributed by atoms with E-state index in [1.165, 1.54) is 10.7 Å². The van der Waals surface area contributed by atoms with Gasteiger partial charge in [-0.1, -0.05) is 12.1 Å². The maximum Gasteiger partial charge on any atom is 0.303 e. The van der Waals surface area contributed by atoms with Crippen LogP contribution in [0.1, 0.15) is 12.1 Å². The van der Waals surface area contributed by atoms with Gasteiger partial charge in [-0.05, 0) is 6.07 Å². The molecule has 1 aromatic heterocycles. The average molecular weight is 222 g/mol. The molecule has 16 heavy (non-hydrogen) atoms. The summed E-state index contributed by atoms with van der Waals surface area (Å²) in [5.41, 5.74) is 1.04. The lowest BCUT2D eigenvalue weighted by atomic mass is 10.1. The van der Waals surface area contributed by atoms with Crippen molar-refractivity contribution in [1.29, 1.82) is 0 Å². The summed E-state index contributed by atoms with van der Waals surface area (Å²) in [4.78, 5) is 10.5. The SMILES string of the molecule is Cn1nc(CCC(=O)O)c2cccc(F)c21. The van der Waals surface area contributed by atoms with Crippen LogP contribution in [0.15, 0.2) is 18.2 Å². The molecule has 5 heteroatoms. The van der Waals surface area contributed by atoms with Crippen LogP contribution >= 0.6 is 0 Å². The van der Waals surface area contributed by atoms with Gasteiger partial charge in [-0.25, -0.2) is 4.39 Å². The highest BCUT2D eigenvalue weighted by atomic mass is 19.1. The quantitative estimate of drug-likeness (QED) is 0.860. The van der Waals surface area contributed by atoms with E-state index in [1.807, 2.05) is 0 Å². The molecule has 0 amide bonds. The summed E-state index contributed by atoms with van der Waals surface area (Å²) in [6, 6.07) is 4.72. The van der Waals surface area contributed by atoms with E-state index in [-0.39, 0.29) is 12.2 Å². The fraction of sp³-hybridized carbons (Fsp3) is 0.273. The first-order valence-electron chi connectivity index (χ1n) is 4.91. The third-order valence-corrected chi connectivity index (χ3v) is 2.47. The van der Waals surface area contributed by atoms with Gasteiger partial charge in [0.15, 0.2) is 0 Å². The van der Waals surface area contributed by atoms with Crippen molar-refractivity contribution >= 4 is 16.9 Å². The summed E-state index contributed by atoms with van der Waals surface area (Å²) in [5.74, 6) is -1.22. The Bertz CT molecular complexity index is 548. The summed E-state index contributed by atoms with van der Waals surface area (Å²) in [5, 5.41) is 13.4. The number of aromatic nitrogens is 2. The monoisotopic (exact) mass is 222 g/mol. The molecule has 0 atom stereocenters. The average Bonchev–Trinajstić information content (AvgIpc) is 2.54. The molecule has 2 aromatic rings. The first-order valence-corrected chi connectivity index (χ1v) is 4.91. The van der Waals surface area contributed by atoms with Gasteiger partial charge in [-0.15, -0.1) is 0 Å². The molecule has 4 nitrogen and oxygen atoms in total. The number of carbonyl (C=O) groups is 1. The van der Waals surface area contributed by atoms with Gasteiger partial charge in [0.25, 0.3) is 0 Å². The third-order valence-electron chi connectivity index (χ3n) is 2.47. The second-order valence-electron chi connectivity index (χ2n) is 3.60. The minimum absolute atomic E-state index is 0.00261. The number of benzene rings is 1. The molecule has 0 saturated carbocycles. The summed E-state index contributed by atoms with van der Waals surface area (Å²) in [6.45, 7) is 0. The van der Waals surface area contributed by atoms with E-state index >= 15 is 0 Å². The van der Waals surface area contributed by atoms with Gasteiger partial charge < -0.3 is 5.11 Å². The molecule has 0 aliphatic carbocycles. The van der Waals surface area contributed by atoms with Crippen LogP contribution in [-0.4, -0.2) is 20.9 Å². The maximum atomic E-state index is 13.5. The highest BCUT2D eigenvalue weighted by Crippen LogP contribution is 2.21. The Labute approximate surface area is 91.3 Å².